The summed E-state index contributed by atoms with van der Waals surface area (Å²) in [5, 5.41) is 0. The van der Waals surface area contributed by atoms with Crippen molar-refractivity contribution in [1.82, 2.24) is 0 Å². The Morgan fingerprint density at radius 2 is 1.32 bits per heavy atom. The average Bonchev–Trinajstić information content (AvgIpc) is 2.41. The average molecular weight is 271 g/mol. The first-order valence-corrected chi connectivity index (χ1v) is 8.74. The van der Waals surface area contributed by atoms with Crippen molar-refractivity contribution in [2.75, 3.05) is 6.61 Å². The van der Waals surface area contributed by atoms with Crippen LogP contribution >= 0.6 is 0 Å². The lowest BCUT2D eigenvalue weighted by atomic mass is 9.90. The van der Waals surface area contributed by atoms with Gasteiger partial charge >= 0.3 is 0 Å². The predicted molar refractivity (Wildman–Crippen MR) is 86.7 cm³/mol. The molecule has 0 heterocycles. The van der Waals surface area contributed by atoms with Crippen LogP contribution in [-0.4, -0.2) is 12.2 Å². The van der Waals surface area contributed by atoms with Crippen molar-refractivity contribution in [1.29, 1.82) is 0 Å². The molecule has 1 nitrogen and oxygen atoms in total. The van der Waals surface area contributed by atoms with E-state index in [1.165, 1.54) is 51.4 Å². The van der Waals surface area contributed by atoms with Crippen molar-refractivity contribution in [3.05, 3.63) is 0 Å². The van der Waals surface area contributed by atoms with Crippen LogP contribution in [0.2, 0.25) is 0 Å². The molecule has 0 saturated heterocycles. The summed E-state index contributed by atoms with van der Waals surface area (Å²) in [4.78, 5) is 0. The zero-order valence-electron chi connectivity index (χ0n) is 14.3. The van der Waals surface area contributed by atoms with Crippen LogP contribution in [-0.2, 0) is 4.74 Å². The van der Waals surface area contributed by atoms with Gasteiger partial charge in [-0.25, -0.2) is 0 Å². The fraction of sp³-hybridized carbons (Fsp3) is 1.00. The lowest BCUT2D eigenvalue weighted by molar-refractivity contribution is -0.0693. The second-order valence-electron chi connectivity index (χ2n) is 6.47. The number of hydrogen-bond donors (Lipinski definition) is 0. The molecule has 0 aromatic rings. The second-order valence-corrected chi connectivity index (χ2v) is 6.47. The Kier molecular flexibility index (Phi) is 11.7. The van der Waals surface area contributed by atoms with E-state index in [0.717, 1.165) is 19.4 Å². The summed E-state index contributed by atoms with van der Waals surface area (Å²) in [5.74, 6) is 0.645. The summed E-state index contributed by atoms with van der Waals surface area (Å²) < 4.78 is 6.23. The first-order valence-electron chi connectivity index (χ1n) is 8.74. The van der Waals surface area contributed by atoms with E-state index in [1.54, 1.807) is 0 Å². The number of rotatable bonds is 13. The monoisotopic (exact) mass is 270 g/mol. The van der Waals surface area contributed by atoms with Crippen molar-refractivity contribution in [3.8, 4) is 0 Å². The number of hydrogen-bond acceptors (Lipinski definition) is 1. The molecule has 0 spiro atoms. The van der Waals surface area contributed by atoms with E-state index in [2.05, 4.69) is 34.6 Å². The van der Waals surface area contributed by atoms with Crippen molar-refractivity contribution in [3.63, 3.8) is 0 Å². The predicted octanol–water partition coefficient (Wildman–Crippen LogP) is 6.36. The minimum atomic E-state index is 0.160. The first-order chi connectivity index (χ1) is 9.10. The summed E-state index contributed by atoms with van der Waals surface area (Å²) in [5.41, 5.74) is 0.160. The zero-order chi connectivity index (χ0) is 14.6. The Labute approximate surface area is 122 Å². The highest BCUT2D eigenvalue weighted by Gasteiger charge is 2.26. The van der Waals surface area contributed by atoms with Crippen molar-refractivity contribution in [2.45, 2.75) is 104 Å². The molecule has 0 aliphatic heterocycles. The molecule has 0 N–H and O–H groups in total. The van der Waals surface area contributed by atoms with Gasteiger partial charge in [-0.15, -0.1) is 0 Å². The van der Waals surface area contributed by atoms with Gasteiger partial charge in [0, 0.05) is 6.61 Å². The molecule has 19 heavy (non-hydrogen) atoms. The van der Waals surface area contributed by atoms with E-state index in [9.17, 15) is 0 Å². The maximum atomic E-state index is 6.23. The zero-order valence-corrected chi connectivity index (χ0v) is 14.3. The highest BCUT2D eigenvalue weighted by Crippen LogP contribution is 2.28. The van der Waals surface area contributed by atoms with Crippen LogP contribution in [0.5, 0.6) is 0 Å². The van der Waals surface area contributed by atoms with Crippen molar-refractivity contribution >= 4 is 0 Å². The highest BCUT2D eigenvalue weighted by atomic mass is 16.5. The van der Waals surface area contributed by atoms with Crippen molar-refractivity contribution in [2.24, 2.45) is 5.92 Å². The first kappa shape index (κ1) is 19.0. The minimum Gasteiger partial charge on any atom is -0.375 e. The van der Waals surface area contributed by atoms with Gasteiger partial charge in [-0.3, -0.25) is 0 Å². The Morgan fingerprint density at radius 3 is 1.79 bits per heavy atom. The van der Waals surface area contributed by atoms with E-state index in [4.69, 9.17) is 4.74 Å². The third-order valence-electron chi connectivity index (χ3n) is 4.25. The van der Waals surface area contributed by atoms with E-state index >= 15 is 0 Å². The van der Waals surface area contributed by atoms with Crippen LogP contribution in [0, 0.1) is 5.92 Å². The summed E-state index contributed by atoms with van der Waals surface area (Å²) in [6.45, 7) is 12.2. The van der Waals surface area contributed by atoms with Gasteiger partial charge in [0.05, 0.1) is 5.60 Å². The van der Waals surface area contributed by atoms with E-state index in [0.29, 0.717) is 5.92 Å². The molecule has 0 aromatic carbocycles. The van der Waals surface area contributed by atoms with E-state index in [1.807, 2.05) is 0 Å². The smallest absolute Gasteiger partial charge is 0.0677 e. The molecule has 0 rings (SSSR count). The summed E-state index contributed by atoms with van der Waals surface area (Å²) in [7, 11) is 0. The number of unbranched alkanes of at least 4 members (excludes halogenated alkanes) is 6. The lowest BCUT2D eigenvalue weighted by Crippen LogP contribution is -2.32. The normalized spacial score (nSPS) is 12.3. The SMILES string of the molecule is CCCCCCCCCC(CC)(CC)OCC(C)C. The molecule has 0 bridgehead atoms. The lowest BCUT2D eigenvalue weighted by Gasteiger charge is -2.33. The third-order valence-corrected chi connectivity index (χ3v) is 4.25. The molecular weight excluding hydrogens is 232 g/mol. The fourth-order valence-electron chi connectivity index (χ4n) is 2.63. The molecule has 0 fully saturated rings. The standard InChI is InChI=1S/C18H38O/c1-6-9-10-11-12-13-14-15-18(7-2,8-3)19-16-17(4)5/h17H,6-16H2,1-5H3. The summed E-state index contributed by atoms with van der Waals surface area (Å²) in [6.07, 6.45) is 13.3. The molecule has 0 amide bonds. The van der Waals surface area contributed by atoms with Crippen LogP contribution in [0.4, 0.5) is 0 Å². The molecule has 0 atom stereocenters. The van der Waals surface area contributed by atoms with Gasteiger partial charge in [-0.2, -0.15) is 0 Å². The van der Waals surface area contributed by atoms with Gasteiger partial charge in [-0.05, 0) is 25.2 Å². The van der Waals surface area contributed by atoms with Gasteiger partial charge < -0.3 is 4.74 Å². The minimum absolute atomic E-state index is 0.160. The van der Waals surface area contributed by atoms with Crippen LogP contribution in [0.3, 0.4) is 0 Å². The van der Waals surface area contributed by atoms with Gasteiger partial charge in [0.15, 0.2) is 0 Å². The maximum Gasteiger partial charge on any atom is 0.0677 e. The topological polar surface area (TPSA) is 9.23 Å². The highest BCUT2D eigenvalue weighted by molar-refractivity contribution is 4.78. The second kappa shape index (κ2) is 11.8. The molecule has 0 radical (unpaired) electrons. The molecule has 0 aliphatic carbocycles. The molecule has 0 unspecified atom stereocenters. The molecule has 0 saturated carbocycles. The van der Waals surface area contributed by atoms with Gasteiger partial charge in [0.1, 0.15) is 0 Å². The Balaban J connectivity index is 3.80. The van der Waals surface area contributed by atoms with Gasteiger partial charge in [0.25, 0.3) is 0 Å². The van der Waals surface area contributed by atoms with Crippen LogP contribution in [0.1, 0.15) is 98.8 Å². The quantitative estimate of drug-likeness (QED) is 0.354. The van der Waals surface area contributed by atoms with Crippen molar-refractivity contribution < 1.29 is 4.74 Å². The van der Waals surface area contributed by atoms with Crippen LogP contribution < -0.4 is 0 Å². The Bertz CT molecular complexity index is 182. The van der Waals surface area contributed by atoms with Gasteiger partial charge in [0.2, 0.25) is 0 Å². The Hall–Kier alpha value is -0.0400. The molecule has 0 aromatic heterocycles. The maximum absolute atomic E-state index is 6.23. The third kappa shape index (κ3) is 9.49. The largest absolute Gasteiger partial charge is 0.375 e. The summed E-state index contributed by atoms with van der Waals surface area (Å²) >= 11 is 0. The molecule has 116 valence electrons. The van der Waals surface area contributed by atoms with E-state index < -0.39 is 0 Å². The summed E-state index contributed by atoms with van der Waals surface area (Å²) in [6, 6.07) is 0. The number of ether oxygens (including phenoxy) is 1. The molecular formula is C18H38O. The fourth-order valence-corrected chi connectivity index (χ4v) is 2.63. The van der Waals surface area contributed by atoms with Gasteiger partial charge in [-0.1, -0.05) is 79.6 Å². The van der Waals surface area contributed by atoms with E-state index in [-0.39, 0.29) is 5.60 Å². The van der Waals surface area contributed by atoms with Crippen LogP contribution in [0.15, 0.2) is 0 Å². The Morgan fingerprint density at radius 1 is 0.789 bits per heavy atom. The molecule has 0 aliphatic rings. The van der Waals surface area contributed by atoms with Crippen LogP contribution in [0.25, 0.3) is 0 Å². The molecule has 1 heteroatoms.